The zero-order valence-electron chi connectivity index (χ0n) is 12.6. The Bertz CT molecular complexity index is 463. The molecular weight excluding hydrogens is 252 g/mol. The molecule has 5 nitrogen and oxygen atoms in total. The minimum Gasteiger partial charge on any atom is -0.356 e. The van der Waals surface area contributed by atoms with Gasteiger partial charge in [-0.15, -0.1) is 0 Å². The third-order valence-electron chi connectivity index (χ3n) is 3.78. The lowest BCUT2D eigenvalue weighted by Crippen LogP contribution is -2.33. The lowest BCUT2D eigenvalue weighted by molar-refractivity contribution is 0.0797. The Kier molecular flexibility index (Phi) is 4.95. The lowest BCUT2D eigenvalue weighted by atomic mass is 10.2. The molecule has 20 heavy (non-hydrogen) atoms. The molecule has 0 aromatic carbocycles. The Morgan fingerprint density at radius 2 is 2.40 bits per heavy atom. The topological polar surface area (TPSA) is 48.5 Å². The summed E-state index contributed by atoms with van der Waals surface area (Å²) in [5.74, 6) is 1.67. The number of nitrogens with one attached hydrogen (secondary N) is 1. The molecule has 2 heterocycles. The highest BCUT2D eigenvalue weighted by Gasteiger charge is 2.21. The SMILES string of the molecule is CNCCN(C)C(=O)c1ccnc(N2CCC(C)C2)c1. The molecule has 0 bridgehead atoms. The summed E-state index contributed by atoms with van der Waals surface area (Å²) in [7, 11) is 3.72. The van der Waals surface area contributed by atoms with Crippen LogP contribution in [0.3, 0.4) is 0 Å². The second-order valence-corrected chi connectivity index (χ2v) is 5.57. The number of likely N-dealkylation sites (N-methyl/N-ethyl adjacent to an activating group) is 2. The fraction of sp³-hybridized carbons (Fsp3) is 0.600. The van der Waals surface area contributed by atoms with Crippen LogP contribution in [0.5, 0.6) is 0 Å². The molecule has 0 aliphatic carbocycles. The van der Waals surface area contributed by atoms with E-state index < -0.39 is 0 Å². The van der Waals surface area contributed by atoms with Crippen molar-refractivity contribution in [1.82, 2.24) is 15.2 Å². The number of carbonyl (C=O) groups excluding carboxylic acids is 1. The first-order valence-electron chi connectivity index (χ1n) is 7.23. The number of hydrogen-bond donors (Lipinski definition) is 1. The van der Waals surface area contributed by atoms with Gasteiger partial charge >= 0.3 is 0 Å². The Balaban J connectivity index is 2.07. The number of amides is 1. The van der Waals surface area contributed by atoms with Crippen LogP contribution in [0.25, 0.3) is 0 Å². The van der Waals surface area contributed by atoms with Crippen LogP contribution in [0.2, 0.25) is 0 Å². The van der Waals surface area contributed by atoms with E-state index >= 15 is 0 Å². The summed E-state index contributed by atoms with van der Waals surface area (Å²) in [5, 5.41) is 3.05. The monoisotopic (exact) mass is 276 g/mol. The van der Waals surface area contributed by atoms with Crippen LogP contribution in [0.15, 0.2) is 18.3 Å². The van der Waals surface area contributed by atoms with Gasteiger partial charge < -0.3 is 15.1 Å². The third kappa shape index (κ3) is 3.48. The van der Waals surface area contributed by atoms with Gasteiger partial charge in [-0.25, -0.2) is 4.98 Å². The summed E-state index contributed by atoms with van der Waals surface area (Å²) in [6.45, 7) is 5.81. The highest BCUT2D eigenvalue weighted by atomic mass is 16.2. The zero-order valence-corrected chi connectivity index (χ0v) is 12.6. The van der Waals surface area contributed by atoms with Gasteiger partial charge in [-0.1, -0.05) is 6.92 Å². The van der Waals surface area contributed by atoms with Crippen molar-refractivity contribution in [3.8, 4) is 0 Å². The molecule has 2 rings (SSSR count). The van der Waals surface area contributed by atoms with Crippen molar-refractivity contribution in [3.05, 3.63) is 23.9 Å². The van der Waals surface area contributed by atoms with Crippen LogP contribution < -0.4 is 10.2 Å². The number of hydrogen-bond acceptors (Lipinski definition) is 4. The van der Waals surface area contributed by atoms with Crippen LogP contribution in [-0.2, 0) is 0 Å². The molecule has 0 saturated carbocycles. The van der Waals surface area contributed by atoms with E-state index in [-0.39, 0.29) is 5.91 Å². The first-order valence-corrected chi connectivity index (χ1v) is 7.23. The van der Waals surface area contributed by atoms with Gasteiger partial charge in [0.25, 0.3) is 5.91 Å². The average molecular weight is 276 g/mol. The maximum absolute atomic E-state index is 12.3. The van der Waals surface area contributed by atoms with Crippen LogP contribution >= 0.6 is 0 Å². The van der Waals surface area contributed by atoms with Gasteiger partial charge in [0.2, 0.25) is 0 Å². The molecule has 1 aliphatic rings. The summed E-state index contributed by atoms with van der Waals surface area (Å²) >= 11 is 0. The number of nitrogens with zero attached hydrogens (tertiary/aromatic N) is 3. The lowest BCUT2D eigenvalue weighted by Gasteiger charge is -2.20. The quantitative estimate of drug-likeness (QED) is 0.878. The summed E-state index contributed by atoms with van der Waals surface area (Å²) in [5.41, 5.74) is 0.716. The summed E-state index contributed by atoms with van der Waals surface area (Å²) in [6, 6.07) is 3.71. The van der Waals surface area contributed by atoms with Crippen molar-refractivity contribution < 1.29 is 4.79 Å². The smallest absolute Gasteiger partial charge is 0.253 e. The fourth-order valence-electron chi connectivity index (χ4n) is 2.47. The molecular formula is C15H24N4O. The van der Waals surface area contributed by atoms with Crippen LogP contribution in [0.1, 0.15) is 23.7 Å². The van der Waals surface area contributed by atoms with Gasteiger partial charge in [-0.05, 0) is 31.5 Å². The van der Waals surface area contributed by atoms with Gasteiger partial charge in [0.1, 0.15) is 5.82 Å². The van der Waals surface area contributed by atoms with Crippen molar-refractivity contribution in [3.63, 3.8) is 0 Å². The van der Waals surface area contributed by atoms with Crippen molar-refractivity contribution >= 4 is 11.7 Å². The van der Waals surface area contributed by atoms with Crippen LogP contribution in [0.4, 0.5) is 5.82 Å². The minimum absolute atomic E-state index is 0.0520. The molecule has 1 aromatic rings. The predicted octanol–water partition coefficient (Wildman–Crippen LogP) is 1.22. The van der Waals surface area contributed by atoms with Crippen LogP contribution in [-0.4, -0.2) is 56.1 Å². The maximum atomic E-state index is 12.3. The van der Waals surface area contributed by atoms with E-state index in [4.69, 9.17) is 0 Å². The van der Waals surface area contributed by atoms with Gasteiger partial charge in [0.15, 0.2) is 0 Å². The van der Waals surface area contributed by atoms with Crippen molar-refractivity contribution in [2.45, 2.75) is 13.3 Å². The van der Waals surface area contributed by atoms with Gasteiger partial charge in [0.05, 0.1) is 0 Å². The van der Waals surface area contributed by atoms with E-state index in [2.05, 4.69) is 22.1 Å². The van der Waals surface area contributed by atoms with E-state index in [1.165, 1.54) is 6.42 Å². The Labute approximate surface area is 121 Å². The normalized spacial score (nSPS) is 18.4. The van der Waals surface area contributed by atoms with Gasteiger partial charge in [-0.3, -0.25) is 4.79 Å². The molecule has 1 unspecified atom stereocenters. The van der Waals surface area contributed by atoms with E-state index in [0.717, 1.165) is 25.5 Å². The molecule has 110 valence electrons. The van der Waals surface area contributed by atoms with Crippen molar-refractivity contribution in [2.75, 3.05) is 45.2 Å². The Hall–Kier alpha value is -1.62. The second-order valence-electron chi connectivity index (χ2n) is 5.57. The number of pyridine rings is 1. The molecule has 1 N–H and O–H groups in total. The fourth-order valence-corrected chi connectivity index (χ4v) is 2.47. The highest BCUT2D eigenvalue weighted by Crippen LogP contribution is 2.22. The average Bonchev–Trinajstić information content (AvgIpc) is 2.90. The van der Waals surface area contributed by atoms with E-state index in [1.54, 1.807) is 17.2 Å². The van der Waals surface area contributed by atoms with E-state index in [0.29, 0.717) is 18.0 Å². The largest absolute Gasteiger partial charge is 0.356 e. The number of carbonyl (C=O) groups is 1. The number of rotatable bonds is 5. The summed E-state index contributed by atoms with van der Waals surface area (Å²) in [4.78, 5) is 20.7. The first-order chi connectivity index (χ1) is 9.61. The van der Waals surface area contributed by atoms with Gasteiger partial charge in [0, 0.05) is 45.0 Å². The zero-order chi connectivity index (χ0) is 14.5. The minimum atomic E-state index is 0.0520. The first kappa shape index (κ1) is 14.8. The molecule has 1 amide bonds. The molecule has 1 fully saturated rings. The molecule has 0 radical (unpaired) electrons. The molecule has 0 spiro atoms. The summed E-state index contributed by atoms with van der Waals surface area (Å²) in [6.07, 6.45) is 2.93. The standard InChI is InChI=1S/C15H24N4O/c1-12-5-8-19(11-12)14-10-13(4-6-17-14)15(20)18(3)9-7-16-2/h4,6,10,12,16H,5,7-9,11H2,1-3H3. The Morgan fingerprint density at radius 3 is 3.05 bits per heavy atom. The molecule has 5 heteroatoms. The molecule has 1 aromatic heterocycles. The predicted molar refractivity (Wildman–Crippen MR) is 81.1 cm³/mol. The van der Waals surface area contributed by atoms with E-state index in [1.807, 2.05) is 20.2 Å². The van der Waals surface area contributed by atoms with Crippen LogP contribution in [0, 0.1) is 5.92 Å². The van der Waals surface area contributed by atoms with Crippen molar-refractivity contribution in [2.24, 2.45) is 5.92 Å². The van der Waals surface area contributed by atoms with Crippen molar-refractivity contribution in [1.29, 1.82) is 0 Å². The van der Waals surface area contributed by atoms with E-state index in [9.17, 15) is 4.79 Å². The number of anilines is 1. The molecule has 1 saturated heterocycles. The third-order valence-corrected chi connectivity index (χ3v) is 3.78. The Morgan fingerprint density at radius 1 is 1.60 bits per heavy atom. The molecule has 1 aliphatic heterocycles. The highest BCUT2D eigenvalue weighted by molar-refractivity contribution is 5.94. The number of aromatic nitrogens is 1. The second kappa shape index (κ2) is 6.70. The summed E-state index contributed by atoms with van der Waals surface area (Å²) < 4.78 is 0. The van der Waals surface area contributed by atoms with Gasteiger partial charge in [-0.2, -0.15) is 0 Å². The maximum Gasteiger partial charge on any atom is 0.253 e. The molecule has 1 atom stereocenters.